The van der Waals surface area contributed by atoms with Crippen LogP contribution in [-0.2, 0) is 26.3 Å². The molecule has 3 heterocycles. The van der Waals surface area contributed by atoms with E-state index in [1.54, 1.807) is 12.5 Å². The molecular weight excluding hydrogens is 348 g/mol. The number of benzene rings is 1. The van der Waals surface area contributed by atoms with E-state index in [1.807, 2.05) is 30.1 Å². The summed E-state index contributed by atoms with van der Waals surface area (Å²) >= 11 is 0. The number of aromatic nitrogens is 5. The number of nitrogens with zero attached hydrogens (tertiary/aromatic N) is 6. The van der Waals surface area contributed by atoms with Crippen molar-refractivity contribution in [1.29, 1.82) is 5.26 Å². The molecule has 0 aliphatic heterocycles. The zero-order valence-corrected chi connectivity index (χ0v) is 15.7. The SMILES string of the molecule is Cn1cncc1-c1cc(CCc2ccnnc2)c2cc(CCC#N)ccc2n1. The van der Waals surface area contributed by atoms with Crippen LogP contribution < -0.4 is 0 Å². The van der Waals surface area contributed by atoms with Crippen molar-refractivity contribution in [1.82, 2.24) is 24.7 Å². The van der Waals surface area contributed by atoms with Crippen LogP contribution in [0.1, 0.15) is 23.1 Å². The molecule has 6 heteroatoms. The van der Waals surface area contributed by atoms with Crippen molar-refractivity contribution in [2.45, 2.75) is 25.7 Å². The summed E-state index contributed by atoms with van der Waals surface area (Å²) in [6, 6.07) is 12.7. The van der Waals surface area contributed by atoms with Crippen molar-refractivity contribution in [2.24, 2.45) is 7.05 Å². The molecule has 4 aromatic rings. The van der Waals surface area contributed by atoms with Crippen LogP contribution in [0.2, 0.25) is 0 Å². The smallest absolute Gasteiger partial charge is 0.0948 e. The van der Waals surface area contributed by atoms with Crippen molar-refractivity contribution in [3.05, 3.63) is 71.9 Å². The van der Waals surface area contributed by atoms with Crippen molar-refractivity contribution in [3.63, 3.8) is 0 Å². The van der Waals surface area contributed by atoms with Crippen molar-refractivity contribution < 1.29 is 0 Å². The maximum atomic E-state index is 8.89. The minimum absolute atomic E-state index is 0.518. The summed E-state index contributed by atoms with van der Waals surface area (Å²) in [5.41, 5.74) is 6.42. The summed E-state index contributed by atoms with van der Waals surface area (Å²) in [6.07, 6.45) is 10.2. The van der Waals surface area contributed by atoms with Gasteiger partial charge in [-0.15, -0.1) is 0 Å². The number of hydrogen-bond acceptors (Lipinski definition) is 5. The van der Waals surface area contributed by atoms with Gasteiger partial charge in [-0.2, -0.15) is 15.5 Å². The first kappa shape index (κ1) is 17.8. The van der Waals surface area contributed by atoms with Crippen molar-refractivity contribution >= 4 is 10.9 Å². The summed E-state index contributed by atoms with van der Waals surface area (Å²) in [5, 5.41) is 17.9. The molecule has 0 amide bonds. The van der Waals surface area contributed by atoms with E-state index in [4.69, 9.17) is 10.2 Å². The van der Waals surface area contributed by atoms with Gasteiger partial charge in [-0.05, 0) is 60.2 Å². The Morgan fingerprint density at radius 3 is 2.68 bits per heavy atom. The molecule has 0 radical (unpaired) electrons. The summed E-state index contributed by atoms with van der Waals surface area (Å²) in [6.45, 7) is 0. The minimum Gasteiger partial charge on any atom is -0.332 e. The number of hydrogen-bond donors (Lipinski definition) is 0. The third-order valence-corrected chi connectivity index (χ3v) is 4.89. The van der Waals surface area contributed by atoms with Crippen LogP contribution in [0.5, 0.6) is 0 Å². The lowest BCUT2D eigenvalue weighted by atomic mass is 9.98. The summed E-state index contributed by atoms with van der Waals surface area (Å²) in [5.74, 6) is 0. The fraction of sp³-hybridized carbons (Fsp3) is 0.227. The second kappa shape index (κ2) is 7.97. The molecule has 28 heavy (non-hydrogen) atoms. The Morgan fingerprint density at radius 1 is 1.00 bits per heavy atom. The van der Waals surface area contributed by atoms with Crippen LogP contribution in [0.15, 0.2) is 55.2 Å². The van der Waals surface area contributed by atoms with Crippen molar-refractivity contribution in [3.8, 4) is 17.5 Å². The van der Waals surface area contributed by atoms with Crippen LogP contribution in [0.25, 0.3) is 22.3 Å². The van der Waals surface area contributed by atoms with Crippen LogP contribution in [0.4, 0.5) is 0 Å². The first-order valence-electron chi connectivity index (χ1n) is 9.26. The van der Waals surface area contributed by atoms with Crippen molar-refractivity contribution in [2.75, 3.05) is 0 Å². The molecule has 0 bridgehead atoms. The highest BCUT2D eigenvalue weighted by Gasteiger charge is 2.11. The van der Waals surface area contributed by atoms with E-state index in [1.165, 1.54) is 5.56 Å². The third kappa shape index (κ3) is 3.74. The molecule has 0 N–H and O–H groups in total. The van der Waals surface area contributed by atoms with Gasteiger partial charge in [0.1, 0.15) is 0 Å². The Labute approximate surface area is 163 Å². The lowest BCUT2D eigenvalue weighted by Gasteiger charge is -2.12. The molecule has 0 atom stereocenters. The van der Waals surface area contributed by atoms with E-state index in [2.05, 4.69) is 45.5 Å². The van der Waals surface area contributed by atoms with Gasteiger partial charge in [-0.25, -0.2) is 9.97 Å². The first-order chi connectivity index (χ1) is 13.7. The molecule has 0 aliphatic rings. The predicted octanol–water partition coefficient (Wildman–Crippen LogP) is 3.67. The average Bonchev–Trinajstić information content (AvgIpc) is 3.17. The van der Waals surface area contributed by atoms with Gasteiger partial charge < -0.3 is 4.57 Å². The maximum absolute atomic E-state index is 8.89. The third-order valence-electron chi connectivity index (χ3n) is 4.89. The fourth-order valence-corrected chi connectivity index (χ4v) is 3.39. The second-order valence-corrected chi connectivity index (χ2v) is 6.82. The van der Waals surface area contributed by atoms with E-state index >= 15 is 0 Å². The molecule has 4 rings (SSSR count). The normalized spacial score (nSPS) is 10.9. The quantitative estimate of drug-likeness (QED) is 0.519. The Morgan fingerprint density at radius 2 is 1.93 bits per heavy atom. The van der Waals surface area contributed by atoms with Gasteiger partial charge in [0, 0.05) is 25.1 Å². The highest BCUT2D eigenvalue weighted by atomic mass is 15.1. The molecule has 0 spiro atoms. The van der Waals surface area contributed by atoms with Gasteiger partial charge in [0.05, 0.1) is 41.7 Å². The molecule has 0 saturated heterocycles. The van der Waals surface area contributed by atoms with Gasteiger partial charge in [-0.3, -0.25) is 0 Å². The number of rotatable bonds is 6. The highest BCUT2D eigenvalue weighted by molar-refractivity contribution is 5.85. The Balaban J connectivity index is 1.77. The van der Waals surface area contributed by atoms with Crippen LogP contribution in [0.3, 0.4) is 0 Å². The van der Waals surface area contributed by atoms with Crippen LogP contribution in [0, 0.1) is 11.3 Å². The minimum atomic E-state index is 0.518. The second-order valence-electron chi connectivity index (χ2n) is 6.82. The number of pyridine rings is 1. The number of nitriles is 1. The van der Waals surface area contributed by atoms with E-state index in [0.29, 0.717) is 6.42 Å². The van der Waals surface area contributed by atoms with E-state index in [-0.39, 0.29) is 0 Å². The van der Waals surface area contributed by atoms with Gasteiger partial charge >= 0.3 is 0 Å². The summed E-state index contributed by atoms with van der Waals surface area (Å²) in [7, 11) is 1.97. The van der Waals surface area contributed by atoms with E-state index in [0.717, 1.165) is 52.7 Å². The number of aryl methyl sites for hydroxylation is 4. The molecule has 0 saturated carbocycles. The summed E-state index contributed by atoms with van der Waals surface area (Å²) in [4.78, 5) is 9.09. The molecular formula is C22H20N6. The zero-order chi connectivity index (χ0) is 19.3. The topological polar surface area (TPSA) is 80.3 Å². The first-order valence-corrected chi connectivity index (χ1v) is 9.26. The summed E-state index contributed by atoms with van der Waals surface area (Å²) < 4.78 is 1.98. The van der Waals surface area contributed by atoms with E-state index < -0.39 is 0 Å². The lowest BCUT2D eigenvalue weighted by molar-refractivity contribution is 0.910. The van der Waals surface area contributed by atoms with E-state index in [9.17, 15) is 0 Å². The lowest BCUT2D eigenvalue weighted by Crippen LogP contribution is -1.99. The Kier molecular flexibility index (Phi) is 5.07. The fourth-order valence-electron chi connectivity index (χ4n) is 3.39. The van der Waals surface area contributed by atoms with Crippen LogP contribution >= 0.6 is 0 Å². The molecule has 6 nitrogen and oxygen atoms in total. The average molecular weight is 368 g/mol. The molecule has 138 valence electrons. The highest BCUT2D eigenvalue weighted by Crippen LogP contribution is 2.27. The number of fused-ring (bicyclic) bond motifs is 1. The predicted molar refractivity (Wildman–Crippen MR) is 107 cm³/mol. The van der Waals surface area contributed by atoms with Gasteiger partial charge in [-0.1, -0.05) is 6.07 Å². The number of imidazole rings is 1. The molecule has 1 aromatic carbocycles. The molecule has 0 fully saturated rings. The van der Waals surface area contributed by atoms with Crippen LogP contribution in [-0.4, -0.2) is 24.7 Å². The molecule has 0 unspecified atom stereocenters. The molecule has 3 aromatic heterocycles. The molecule has 0 aliphatic carbocycles. The van der Waals surface area contributed by atoms with Gasteiger partial charge in [0.25, 0.3) is 0 Å². The Hall–Kier alpha value is -3.59. The maximum Gasteiger partial charge on any atom is 0.0948 e. The monoisotopic (exact) mass is 368 g/mol. The Bertz CT molecular complexity index is 1140. The standard InChI is InChI=1S/C22H20N6/c1-28-15-24-14-22(28)21-12-18(6-4-17-8-10-25-26-13-17)19-11-16(3-2-9-23)5-7-20(19)27-21/h5,7-8,10-15H,2-4,6H2,1H3. The van der Waals surface area contributed by atoms with Gasteiger partial charge in [0.2, 0.25) is 0 Å². The van der Waals surface area contributed by atoms with Gasteiger partial charge in [0.15, 0.2) is 0 Å². The zero-order valence-electron chi connectivity index (χ0n) is 15.7. The largest absolute Gasteiger partial charge is 0.332 e.